The van der Waals surface area contributed by atoms with Crippen molar-refractivity contribution in [2.45, 2.75) is 13.0 Å². The van der Waals surface area contributed by atoms with Crippen molar-refractivity contribution in [3.63, 3.8) is 0 Å². The molecule has 31 heavy (non-hydrogen) atoms. The van der Waals surface area contributed by atoms with Gasteiger partial charge >= 0.3 is 6.61 Å². The van der Waals surface area contributed by atoms with Gasteiger partial charge in [-0.2, -0.15) is 8.78 Å². The molecule has 2 aromatic carbocycles. The molecular weight excluding hydrogens is 434 g/mol. The molecule has 0 radical (unpaired) electrons. The number of hydrogen-bond acceptors (Lipinski definition) is 5. The zero-order valence-electron chi connectivity index (χ0n) is 17.1. The van der Waals surface area contributed by atoms with Crippen molar-refractivity contribution in [1.82, 2.24) is 10.2 Å². The van der Waals surface area contributed by atoms with E-state index in [1.165, 1.54) is 30.2 Å². The van der Waals surface area contributed by atoms with Gasteiger partial charge in [-0.05, 0) is 42.8 Å². The van der Waals surface area contributed by atoms with E-state index in [-0.39, 0.29) is 29.5 Å². The predicted molar refractivity (Wildman–Crippen MR) is 111 cm³/mol. The van der Waals surface area contributed by atoms with E-state index in [1.807, 2.05) is 0 Å². The van der Waals surface area contributed by atoms with E-state index in [2.05, 4.69) is 10.1 Å². The molecule has 0 aliphatic carbocycles. The van der Waals surface area contributed by atoms with Gasteiger partial charge in [0.15, 0.2) is 11.5 Å². The lowest BCUT2D eigenvalue weighted by Gasteiger charge is -2.18. The van der Waals surface area contributed by atoms with Crippen LogP contribution in [0, 0.1) is 0 Å². The molecule has 10 heteroatoms. The Morgan fingerprint density at radius 2 is 1.94 bits per heavy atom. The van der Waals surface area contributed by atoms with Crippen LogP contribution in [0.3, 0.4) is 0 Å². The maximum absolute atomic E-state index is 12.4. The summed E-state index contributed by atoms with van der Waals surface area (Å²) < 4.78 is 39.6. The van der Waals surface area contributed by atoms with Crippen LogP contribution in [0.1, 0.15) is 16.8 Å². The number of likely N-dealkylation sites (N-methyl/N-ethyl adjacent to an activating group) is 1. The molecule has 1 N–H and O–H groups in total. The number of ether oxygens (including phenoxy) is 3. The summed E-state index contributed by atoms with van der Waals surface area (Å²) in [5.41, 5.74) is 0.142. The number of carbonyl (C=O) groups excluding carboxylic acids is 2. The summed E-state index contributed by atoms with van der Waals surface area (Å²) in [6, 6.07) is 10.8. The number of benzene rings is 2. The van der Waals surface area contributed by atoms with Gasteiger partial charge in [0.1, 0.15) is 5.75 Å². The quantitative estimate of drug-likeness (QED) is 0.523. The minimum Gasteiger partial charge on any atom is -0.493 e. The van der Waals surface area contributed by atoms with E-state index < -0.39 is 12.5 Å². The lowest BCUT2D eigenvalue weighted by atomic mass is 10.2. The third-order valence-corrected chi connectivity index (χ3v) is 4.41. The van der Waals surface area contributed by atoms with Gasteiger partial charge in [-0.3, -0.25) is 9.59 Å². The van der Waals surface area contributed by atoms with Crippen LogP contribution in [-0.4, -0.2) is 57.2 Å². The van der Waals surface area contributed by atoms with E-state index >= 15 is 0 Å². The van der Waals surface area contributed by atoms with Gasteiger partial charge in [-0.25, -0.2) is 0 Å². The average Bonchev–Trinajstić information content (AvgIpc) is 2.74. The van der Waals surface area contributed by atoms with E-state index in [1.54, 1.807) is 31.3 Å². The van der Waals surface area contributed by atoms with E-state index in [0.29, 0.717) is 30.3 Å². The number of hydrogen-bond donors (Lipinski definition) is 1. The molecular formula is C21H23ClF2N2O5. The summed E-state index contributed by atoms with van der Waals surface area (Å²) in [5.74, 6) is -0.399. The first-order chi connectivity index (χ1) is 14.8. The molecule has 7 nitrogen and oxygen atoms in total. The predicted octanol–water partition coefficient (Wildman–Crippen LogP) is 3.61. The van der Waals surface area contributed by atoms with Gasteiger partial charge in [0.2, 0.25) is 5.91 Å². The molecule has 2 aromatic rings. The second kappa shape index (κ2) is 11.9. The van der Waals surface area contributed by atoms with Crippen molar-refractivity contribution < 1.29 is 32.6 Å². The summed E-state index contributed by atoms with van der Waals surface area (Å²) in [6.45, 7) is -2.40. The van der Waals surface area contributed by atoms with Gasteiger partial charge in [0, 0.05) is 24.2 Å². The molecule has 0 bridgehead atoms. The Morgan fingerprint density at radius 3 is 2.61 bits per heavy atom. The van der Waals surface area contributed by atoms with Crippen LogP contribution in [0.25, 0.3) is 0 Å². The van der Waals surface area contributed by atoms with E-state index in [0.717, 1.165) is 0 Å². The maximum atomic E-state index is 12.4. The molecule has 0 heterocycles. The molecule has 0 aliphatic rings. The summed E-state index contributed by atoms with van der Waals surface area (Å²) >= 11 is 5.89. The molecule has 0 atom stereocenters. The third kappa shape index (κ3) is 7.93. The molecule has 0 aliphatic heterocycles. The van der Waals surface area contributed by atoms with Crippen molar-refractivity contribution in [3.8, 4) is 17.2 Å². The van der Waals surface area contributed by atoms with Gasteiger partial charge in [0.05, 0.1) is 20.3 Å². The number of carbonyl (C=O) groups is 2. The van der Waals surface area contributed by atoms with Crippen molar-refractivity contribution in [2.75, 3.05) is 33.9 Å². The second-order valence-corrected chi connectivity index (χ2v) is 6.84. The summed E-state index contributed by atoms with van der Waals surface area (Å²) in [5, 5.41) is 3.07. The number of amides is 2. The van der Waals surface area contributed by atoms with Crippen LogP contribution in [0.2, 0.25) is 5.02 Å². The highest BCUT2D eigenvalue weighted by Crippen LogP contribution is 2.29. The van der Waals surface area contributed by atoms with Gasteiger partial charge in [-0.1, -0.05) is 17.7 Å². The first-order valence-corrected chi connectivity index (χ1v) is 9.71. The topological polar surface area (TPSA) is 77.1 Å². The molecule has 2 rings (SSSR count). The Hall–Kier alpha value is -3.07. The molecule has 0 fully saturated rings. The number of rotatable bonds is 11. The highest BCUT2D eigenvalue weighted by Gasteiger charge is 2.16. The molecule has 0 spiro atoms. The largest absolute Gasteiger partial charge is 0.493 e. The maximum Gasteiger partial charge on any atom is 0.387 e. The van der Waals surface area contributed by atoms with Crippen LogP contribution in [-0.2, 0) is 4.79 Å². The Balaban J connectivity index is 1.77. The van der Waals surface area contributed by atoms with Gasteiger partial charge in [-0.15, -0.1) is 0 Å². The van der Waals surface area contributed by atoms with Gasteiger partial charge in [0.25, 0.3) is 5.91 Å². The molecule has 0 aromatic heterocycles. The van der Waals surface area contributed by atoms with E-state index in [4.69, 9.17) is 21.1 Å². The summed E-state index contributed by atoms with van der Waals surface area (Å²) in [6.07, 6.45) is 0.589. The van der Waals surface area contributed by atoms with Crippen LogP contribution < -0.4 is 19.5 Å². The first-order valence-electron chi connectivity index (χ1n) is 9.33. The van der Waals surface area contributed by atoms with Crippen molar-refractivity contribution in [2.24, 2.45) is 0 Å². The van der Waals surface area contributed by atoms with Gasteiger partial charge < -0.3 is 24.4 Å². The minimum atomic E-state index is -3.02. The Bertz CT molecular complexity index is 898. The Kier molecular flexibility index (Phi) is 9.33. The van der Waals surface area contributed by atoms with Crippen molar-refractivity contribution in [3.05, 3.63) is 53.1 Å². The monoisotopic (exact) mass is 456 g/mol. The summed E-state index contributed by atoms with van der Waals surface area (Å²) in [4.78, 5) is 25.9. The Labute approximate surface area is 183 Å². The first kappa shape index (κ1) is 24.2. The molecule has 0 saturated heterocycles. The van der Waals surface area contributed by atoms with Crippen molar-refractivity contribution in [1.29, 1.82) is 0 Å². The smallest absolute Gasteiger partial charge is 0.387 e. The van der Waals surface area contributed by atoms with Crippen LogP contribution >= 0.6 is 11.6 Å². The molecule has 2 amide bonds. The zero-order chi connectivity index (χ0) is 22.8. The fourth-order valence-corrected chi connectivity index (χ4v) is 2.75. The average molecular weight is 457 g/mol. The Morgan fingerprint density at radius 1 is 1.16 bits per heavy atom. The number of alkyl halides is 2. The number of methoxy groups -OCH3 is 1. The SMILES string of the molecule is COc1cc(C(=O)NCC(=O)N(C)CCCOc2cccc(Cl)c2)ccc1OC(F)F. The number of halogens is 3. The lowest BCUT2D eigenvalue weighted by molar-refractivity contribution is -0.128. The number of nitrogens with zero attached hydrogens (tertiary/aromatic N) is 1. The number of nitrogens with one attached hydrogen (secondary N) is 1. The molecule has 0 saturated carbocycles. The fraction of sp³-hybridized carbons (Fsp3) is 0.333. The van der Waals surface area contributed by atoms with E-state index in [9.17, 15) is 18.4 Å². The molecule has 168 valence electrons. The summed E-state index contributed by atoms with van der Waals surface area (Å²) in [7, 11) is 2.89. The normalized spacial score (nSPS) is 10.5. The van der Waals surface area contributed by atoms with Crippen LogP contribution in [0.15, 0.2) is 42.5 Å². The van der Waals surface area contributed by atoms with Crippen LogP contribution in [0.5, 0.6) is 17.2 Å². The molecule has 0 unspecified atom stereocenters. The zero-order valence-corrected chi connectivity index (χ0v) is 17.8. The van der Waals surface area contributed by atoms with Crippen LogP contribution in [0.4, 0.5) is 8.78 Å². The van der Waals surface area contributed by atoms with Crippen molar-refractivity contribution >= 4 is 23.4 Å². The second-order valence-electron chi connectivity index (χ2n) is 6.40. The minimum absolute atomic E-state index is 0.0175. The standard InChI is InChI=1S/C21H23ClF2N2O5/c1-26(9-4-10-30-16-6-3-5-15(22)12-16)19(27)13-25-20(28)14-7-8-17(31-21(23)24)18(11-14)29-2/h3,5-8,11-12,21H,4,9-10,13H2,1-2H3,(H,25,28). The highest BCUT2D eigenvalue weighted by atomic mass is 35.5. The fourth-order valence-electron chi connectivity index (χ4n) is 2.57. The third-order valence-electron chi connectivity index (χ3n) is 4.17. The highest BCUT2D eigenvalue weighted by molar-refractivity contribution is 6.30. The lowest BCUT2D eigenvalue weighted by Crippen LogP contribution is -2.38.